The molecule has 27 heavy (non-hydrogen) atoms. The molecule has 0 aromatic rings. The van der Waals surface area contributed by atoms with E-state index in [1.165, 1.54) is 141 Å². The van der Waals surface area contributed by atoms with Gasteiger partial charge >= 0.3 is 0 Å². The van der Waals surface area contributed by atoms with Crippen LogP contribution in [0, 0.1) is 5.92 Å². The largest absolute Gasteiger partial charge is 0.396 e. The third-order valence-electron chi connectivity index (χ3n) is 6.19. The Bertz CT molecular complexity index is 227. The number of rotatable bonds is 23. The van der Waals surface area contributed by atoms with Crippen molar-refractivity contribution in [3.05, 3.63) is 0 Å². The molecule has 0 aromatic heterocycles. The summed E-state index contributed by atoms with van der Waals surface area (Å²) in [5.74, 6) is 0.577. The number of hydrogen-bond donors (Lipinski definition) is 1. The average molecular weight is 383 g/mol. The van der Waals surface area contributed by atoms with Gasteiger partial charge in [-0.3, -0.25) is 0 Å². The van der Waals surface area contributed by atoms with Crippen LogP contribution in [0.15, 0.2) is 0 Å². The van der Waals surface area contributed by atoms with E-state index in [-0.39, 0.29) is 0 Å². The van der Waals surface area contributed by atoms with E-state index in [0.29, 0.717) is 12.5 Å². The lowest BCUT2D eigenvalue weighted by Gasteiger charge is -2.13. The lowest BCUT2D eigenvalue weighted by atomic mass is 9.94. The first-order valence-electron chi connectivity index (χ1n) is 13.0. The van der Waals surface area contributed by atoms with E-state index >= 15 is 0 Å². The smallest absolute Gasteiger partial charge is 0.0459 e. The highest BCUT2D eigenvalue weighted by molar-refractivity contribution is 4.59. The van der Waals surface area contributed by atoms with E-state index in [4.69, 9.17) is 0 Å². The van der Waals surface area contributed by atoms with Gasteiger partial charge in [-0.15, -0.1) is 0 Å². The van der Waals surface area contributed by atoms with Crippen molar-refractivity contribution in [3.8, 4) is 0 Å². The summed E-state index contributed by atoms with van der Waals surface area (Å²) in [6.07, 6.45) is 30.7. The zero-order chi connectivity index (χ0) is 19.8. The second-order valence-electron chi connectivity index (χ2n) is 8.99. The predicted octanol–water partition coefficient (Wildman–Crippen LogP) is 9.22. The standard InChI is InChI=1S/C26H54O/c1-3-5-7-9-11-13-15-17-19-21-23-26(25-27)24-22-20-18-16-14-12-10-8-6-4-2/h26-27H,3-25H2,1-2H3. The van der Waals surface area contributed by atoms with Crippen LogP contribution in [0.25, 0.3) is 0 Å². The Labute approximate surface area is 173 Å². The third-order valence-corrected chi connectivity index (χ3v) is 6.19. The second kappa shape index (κ2) is 24.0. The van der Waals surface area contributed by atoms with Crippen molar-refractivity contribution < 1.29 is 5.11 Å². The highest BCUT2D eigenvalue weighted by Crippen LogP contribution is 2.19. The van der Waals surface area contributed by atoms with Crippen LogP contribution in [0.2, 0.25) is 0 Å². The molecule has 0 aliphatic carbocycles. The molecular formula is C26H54O. The normalized spacial score (nSPS) is 11.6. The summed E-state index contributed by atoms with van der Waals surface area (Å²) in [6, 6.07) is 0. The minimum Gasteiger partial charge on any atom is -0.396 e. The SMILES string of the molecule is CCCCCCCCCCCCC(CO)CCCCCCCCCCCC. The Morgan fingerprint density at radius 3 is 0.926 bits per heavy atom. The maximum Gasteiger partial charge on any atom is 0.0459 e. The fourth-order valence-corrected chi connectivity index (χ4v) is 4.17. The number of unbranched alkanes of at least 4 members (excludes halogenated alkanes) is 18. The van der Waals surface area contributed by atoms with Crippen LogP contribution < -0.4 is 0 Å². The van der Waals surface area contributed by atoms with Gasteiger partial charge in [0.1, 0.15) is 0 Å². The minimum absolute atomic E-state index is 0.412. The maximum absolute atomic E-state index is 9.61. The van der Waals surface area contributed by atoms with Crippen LogP contribution in [0.4, 0.5) is 0 Å². The van der Waals surface area contributed by atoms with Gasteiger partial charge in [0.15, 0.2) is 0 Å². The molecule has 1 heteroatoms. The fourth-order valence-electron chi connectivity index (χ4n) is 4.17. The first-order chi connectivity index (χ1) is 13.3. The highest BCUT2D eigenvalue weighted by atomic mass is 16.3. The van der Waals surface area contributed by atoms with E-state index in [0.717, 1.165) is 0 Å². The van der Waals surface area contributed by atoms with E-state index in [2.05, 4.69) is 13.8 Å². The first-order valence-corrected chi connectivity index (χ1v) is 13.0. The fraction of sp³-hybridized carbons (Fsp3) is 1.00. The van der Waals surface area contributed by atoms with E-state index < -0.39 is 0 Å². The molecule has 0 saturated carbocycles. The third kappa shape index (κ3) is 22.1. The van der Waals surface area contributed by atoms with Crippen LogP contribution in [0.3, 0.4) is 0 Å². The van der Waals surface area contributed by atoms with Gasteiger partial charge in [0.05, 0.1) is 0 Å². The van der Waals surface area contributed by atoms with Crippen LogP contribution >= 0.6 is 0 Å². The summed E-state index contributed by atoms with van der Waals surface area (Å²) in [4.78, 5) is 0. The Kier molecular flexibility index (Phi) is 24.0. The Balaban J connectivity index is 3.28. The maximum atomic E-state index is 9.61. The molecule has 0 atom stereocenters. The lowest BCUT2D eigenvalue weighted by Crippen LogP contribution is -2.06. The summed E-state index contributed by atoms with van der Waals surface area (Å²) in [5.41, 5.74) is 0. The van der Waals surface area contributed by atoms with Crippen LogP contribution in [0.5, 0.6) is 0 Å². The predicted molar refractivity (Wildman–Crippen MR) is 123 cm³/mol. The van der Waals surface area contributed by atoms with Crippen LogP contribution in [-0.2, 0) is 0 Å². The average Bonchev–Trinajstić information content (AvgIpc) is 2.69. The molecule has 0 rings (SSSR count). The summed E-state index contributed by atoms with van der Waals surface area (Å²) in [5, 5.41) is 9.61. The Morgan fingerprint density at radius 2 is 0.667 bits per heavy atom. The van der Waals surface area contributed by atoms with Crippen LogP contribution in [-0.4, -0.2) is 11.7 Å². The van der Waals surface area contributed by atoms with Crippen molar-refractivity contribution in [2.75, 3.05) is 6.61 Å². The molecule has 0 heterocycles. The Morgan fingerprint density at radius 1 is 0.407 bits per heavy atom. The molecule has 1 N–H and O–H groups in total. The van der Waals surface area contributed by atoms with E-state index in [1.807, 2.05) is 0 Å². The minimum atomic E-state index is 0.412. The topological polar surface area (TPSA) is 20.2 Å². The summed E-state index contributed by atoms with van der Waals surface area (Å²) in [6.45, 7) is 4.99. The van der Waals surface area contributed by atoms with Crippen molar-refractivity contribution in [1.29, 1.82) is 0 Å². The molecule has 0 radical (unpaired) electrons. The van der Waals surface area contributed by atoms with E-state index in [9.17, 15) is 5.11 Å². The second-order valence-corrected chi connectivity index (χ2v) is 8.99. The molecule has 0 aliphatic rings. The van der Waals surface area contributed by atoms with Gasteiger partial charge in [-0.25, -0.2) is 0 Å². The number of hydrogen-bond acceptors (Lipinski definition) is 1. The van der Waals surface area contributed by atoms with Crippen molar-refractivity contribution in [2.45, 2.75) is 155 Å². The van der Waals surface area contributed by atoms with Crippen LogP contribution in [0.1, 0.15) is 155 Å². The van der Waals surface area contributed by atoms with Gasteiger partial charge < -0.3 is 5.11 Å². The summed E-state index contributed by atoms with van der Waals surface area (Å²) in [7, 11) is 0. The molecule has 1 nitrogen and oxygen atoms in total. The van der Waals surface area contributed by atoms with Gasteiger partial charge in [-0.05, 0) is 18.8 Å². The molecule has 0 bridgehead atoms. The molecule has 0 aliphatic heterocycles. The molecule has 0 amide bonds. The van der Waals surface area contributed by atoms with Gasteiger partial charge in [-0.2, -0.15) is 0 Å². The van der Waals surface area contributed by atoms with Gasteiger partial charge in [0.25, 0.3) is 0 Å². The van der Waals surface area contributed by atoms with E-state index in [1.54, 1.807) is 0 Å². The van der Waals surface area contributed by atoms with Gasteiger partial charge in [-0.1, -0.05) is 142 Å². The van der Waals surface area contributed by atoms with Gasteiger partial charge in [0.2, 0.25) is 0 Å². The van der Waals surface area contributed by atoms with Crippen molar-refractivity contribution in [3.63, 3.8) is 0 Å². The molecule has 0 spiro atoms. The lowest BCUT2D eigenvalue weighted by molar-refractivity contribution is 0.204. The molecule has 0 saturated heterocycles. The van der Waals surface area contributed by atoms with Crippen molar-refractivity contribution in [2.24, 2.45) is 5.92 Å². The number of aliphatic hydroxyl groups is 1. The molecule has 0 fully saturated rings. The summed E-state index contributed by atoms with van der Waals surface area (Å²) >= 11 is 0. The summed E-state index contributed by atoms with van der Waals surface area (Å²) < 4.78 is 0. The molecule has 0 aromatic carbocycles. The Hall–Kier alpha value is -0.0400. The van der Waals surface area contributed by atoms with Gasteiger partial charge in [0, 0.05) is 6.61 Å². The van der Waals surface area contributed by atoms with Crippen molar-refractivity contribution >= 4 is 0 Å². The zero-order valence-corrected chi connectivity index (χ0v) is 19.3. The quantitative estimate of drug-likeness (QED) is 0.175. The highest BCUT2D eigenvalue weighted by Gasteiger charge is 2.07. The van der Waals surface area contributed by atoms with Crippen molar-refractivity contribution in [1.82, 2.24) is 0 Å². The molecule has 0 unspecified atom stereocenters. The first kappa shape index (κ1) is 27.0. The monoisotopic (exact) mass is 382 g/mol. The number of aliphatic hydroxyl groups excluding tert-OH is 1. The zero-order valence-electron chi connectivity index (χ0n) is 19.3. The molecule has 164 valence electrons. The molecular weight excluding hydrogens is 328 g/mol.